The number of hydrogen-bond donors (Lipinski definition) is 1. The van der Waals surface area contributed by atoms with Gasteiger partial charge in [0.1, 0.15) is 0 Å². The standard InChI is InChI=1S/C16H12ClN/c17-10-4-3-5-12-8-9-14-13-6-1-2-7-15(13)18-16(14)11-12/h1-2,6-9,11,18H,4,10H2. The van der Waals surface area contributed by atoms with E-state index in [1.54, 1.807) is 0 Å². The van der Waals surface area contributed by atoms with Crippen LogP contribution in [-0.2, 0) is 0 Å². The fourth-order valence-corrected chi connectivity index (χ4v) is 2.24. The van der Waals surface area contributed by atoms with Gasteiger partial charge < -0.3 is 4.98 Å². The van der Waals surface area contributed by atoms with E-state index in [0.29, 0.717) is 5.88 Å². The molecule has 0 saturated carbocycles. The molecule has 0 aliphatic carbocycles. The molecule has 0 saturated heterocycles. The lowest BCUT2D eigenvalue weighted by Crippen LogP contribution is -1.75. The highest BCUT2D eigenvalue weighted by molar-refractivity contribution is 6.18. The summed E-state index contributed by atoms with van der Waals surface area (Å²) in [7, 11) is 0. The van der Waals surface area contributed by atoms with Gasteiger partial charge in [0.05, 0.1) is 0 Å². The van der Waals surface area contributed by atoms with Crippen molar-refractivity contribution in [2.75, 3.05) is 5.88 Å². The van der Waals surface area contributed by atoms with Crippen molar-refractivity contribution in [3.8, 4) is 11.8 Å². The zero-order valence-corrected chi connectivity index (χ0v) is 10.6. The Bertz CT molecular complexity index is 759. The minimum Gasteiger partial charge on any atom is -0.354 e. The van der Waals surface area contributed by atoms with Crippen molar-refractivity contribution in [3.63, 3.8) is 0 Å². The van der Waals surface area contributed by atoms with Crippen molar-refractivity contribution in [2.24, 2.45) is 0 Å². The monoisotopic (exact) mass is 253 g/mol. The Labute approximate surface area is 111 Å². The summed E-state index contributed by atoms with van der Waals surface area (Å²) in [6, 6.07) is 14.6. The van der Waals surface area contributed by atoms with Crippen molar-refractivity contribution in [1.82, 2.24) is 4.98 Å². The number of alkyl halides is 1. The van der Waals surface area contributed by atoms with Crippen LogP contribution in [0.3, 0.4) is 0 Å². The summed E-state index contributed by atoms with van der Waals surface area (Å²) in [6.07, 6.45) is 0.728. The van der Waals surface area contributed by atoms with Crippen LogP contribution < -0.4 is 0 Å². The molecule has 18 heavy (non-hydrogen) atoms. The first-order valence-corrected chi connectivity index (χ1v) is 6.47. The van der Waals surface area contributed by atoms with Crippen LogP contribution in [0.4, 0.5) is 0 Å². The number of hydrogen-bond acceptors (Lipinski definition) is 0. The topological polar surface area (TPSA) is 15.8 Å². The predicted octanol–water partition coefficient (Wildman–Crippen LogP) is 4.30. The maximum absolute atomic E-state index is 5.61. The molecule has 0 aliphatic rings. The molecular weight excluding hydrogens is 242 g/mol. The van der Waals surface area contributed by atoms with Gasteiger partial charge in [-0.05, 0) is 18.2 Å². The largest absolute Gasteiger partial charge is 0.354 e. The van der Waals surface area contributed by atoms with E-state index >= 15 is 0 Å². The second kappa shape index (κ2) is 4.76. The number of fused-ring (bicyclic) bond motifs is 3. The third-order valence-electron chi connectivity index (χ3n) is 2.96. The third-order valence-corrected chi connectivity index (χ3v) is 3.15. The molecule has 1 aromatic heterocycles. The number of rotatable bonds is 1. The lowest BCUT2D eigenvalue weighted by Gasteiger charge is -1.92. The first-order chi connectivity index (χ1) is 8.88. The van der Waals surface area contributed by atoms with Gasteiger partial charge in [-0.1, -0.05) is 36.1 Å². The SMILES string of the molecule is ClCCC#Cc1ccc2c(c1)[nH]c1ccccc12. The van der Waals surface area contributed by atoms with E-state index < -0.39 is 0 Å². The number of nitrogens with one attached hydrogen (secondary N) is 1. The summed E-state index contributed by atoms with van der Waals surface area (Å²) < 4.78 is 0. The second-order valence-electron chi connectivity index (χ2n) is 4.17. The van der Waals surface area contributed by atoms with Crippen molar-refractivity contribution < 1.29 is 0 Å². The van der Waals surface area contributed by atoms with E-state index in [1.807, 2.05) is 6.07 Å². The predicted molar refractivity (Wildman–Crippen MR) is 78.0 cm³/mol. The molecule has 0 unspecified atom stereocenters. The van der Waals surface area contributed by atoms with Crippen LogP contribution in [0, 0.1) is 11.8 Å². The Morgan fingerprint density at radius 1 is 1.00 bits per heavy atom. The highest BCUT2D eigenvalue weighted by Crippen LogP contribution is 2.25. The Morgan fingerprint density at radius 3 is 2.72 bits per heavy atom. The number of aromatic nitrogens is 1. The van der Waals surface area contributed by atoms with Gasteiger partial charge in [0.2, 0.25) is 0 Å². The number of H-pyrrole nitrogens is 1. The lowest BCUT2D eigenvalue weighted by molar-refractivity contribution is 1.29. The molecular formula is C16H12ClN. The molecule has 1 N–H and O–H groups in total. The number of aromatic amines is 1. The van der Waals surface area contributed by atoms with Crippen molar-refractivity contribution in [1.29, 1.82) is 0 Å². The maximum Gasteiger partial charge on any atom is 0.0477 e. The molecule has 3 aromatic rings. The summed E-state index contributed by atoms with van der Waals surface area (Å²) in [5.41, 5.74) is 3.33. The number of benzene rings is 2. The molecule has 0 atom stereocenters. The molecule has 88 valence electrons. The first-order valence-electron chi connectivity index (χ1n) is 5.94. The lowest BCUT2D eigenvalue weighted by atomic mass is 10.1. The van der Waals surface area contributed by atoms with E-state index in [-0.39, 0.29) is 0 Å². The Kier molecular flexibility index (Phi) is 2.96. The van der Waals surface area contributed by atoms with Crippen LogP contribution in [0.2, 0.25) is 0 Å². The van der Waals surface area contributed by atoms with E-state index in [1.165, 1.54) is 16.3 Å². The van der Waals surface area contributed by atoms with Crippen molar-refractivity contribution >= 4 is 33.4 Å². The van der Waals surface area contributed by atoms with Crippen molar-refractivity contribution in [2.45, 2.75) is 6.42 Å². The Balaban J connectivity index is 2.13. The highest BCUT2D eigenvalue weighted by atomic mass is 35.5. The minimum absolute atomic E-state index is 0.585. The normalized spacial score (nSPS) is 10.5. The van der Waals surface area contributed by atoms with Gasteiger partial charge in [-0.3, -0.25) is 0 Å². The maximum atomic E-state index is 5.61. The molecule has 1 nitrogen and oxygen atoms in total. The van der Waals surface area contributed by atoms with E-state index in [0.717, 1.165) is 17.5 Å². The van der Waals surface area contributed by atoms with Gasteiger partial charge in [-0.25, -0.2) is 0 Å². The summed E-state index contributed by atoms with van der Waals surface area (Å²) in [5, 5.41) is 2.50. The number of para-hydroxylation sites is 1. The Morgan fingerprint density at radius 2 is 1.83 bits per heavy atom. The summed E-state index contributed by atoms with van der Waals surface area (Å²) >= 11 is 5.61. The van der Waals surface area contributed by atoms with E-state index in [9.17, 15) is 0 Å². The zero-order chi connectivity index (χ0) is 12.4. The Hall–Kier alpha value is -1.91. The minimum atomic E-state index is 0.585. The van der Waals surface area contributed by atoms with Crippen LogP contribution in [0.1, 0.15) is 12.0 Å². The molecule has 0 bridgehead atoms. The summed E-state index contributed by atoms with van der Waals surface area (Å²) in [6.45, 7) is 0. The molecule has 2 heteroatoms. The smallest absolute Gasteiger partial charge is 0.0477 e. The fraction of sp³-hybridized carbons (Fsp3) is 0.125. The molecule has 0 radical (unpaired) electrons. The molecule has 1 heterocycles. The average molecular weight is 254 g/mol. The van der Waals surface area contributed by atoms with Gasteiger partial charge >= 0.3 is 0 Å². The second-order valence-corrected chi connectivity index (χ2v) is 4.55. The van der Waals surface area contributed by atoms with E-state index in [4.69, 9.17) is 11.6 Å². The summed E-state index contributed by atoms with van der Waals surface area (Å²) in [5.74, 6) is 6.77. The van der Waals surface area contributed by atoms with Crippen molar-refractivity contribution in [3.05, 3.63) is 48.0 Å². The molecule has 0 spiro atoms. The van der Waals surface area contributed by atoms with Gasteiger partial charge in [-0.15, -0.1) is 11.6 Å². The summed E-state index contributed by atoms with van der Waals surface area (Å²) in [4.78, 5) is 3.41. The fourth-order valence-electron chi connectivity index (χ4n) is 2.14. The quantitative estimate of drug-likeness (QED) is 0.492. The van der Waals surface area contributed by atoms with Gasteiger partial charge in [0.15, 0.2) is 0 Å². The average Bonchev–Trinajstić information content (AvgIpc) is 2.76. The van der Waals surface area contributed by atoms with Gasteiger partial charge in [-0.2, -0.15) is 0 Å². The van der Waals surface area contributed by atoms with Crippen LogP contribution in [-0.4, -0.2) is 10.9 Å². The van der Waals surface area contributed by atoms with Crippen LogP contribution in [0.25, 0.3) is 21.8 Å². The molecule has 0 fully saturated rings. The van der Waals surface area contributed by atoms with Gasteiger partial charge in [0, 0.05) is 39.7 Å². The van der Waals surface area contributed by atoms with E-state index in [2.05, 4.69) is 53.2 Å². The highest BCUT2D eigenvalue weighted by Gasteiger charge is 2.02. The third kappa shape index (κ3) is 1.96. The van der Waals surface area contributed by atoms with Crippen LogP contribution >= 0.6 is 11.6 Å². The molecule has 0 aliphatic heterocycles. The molecule has 0 amide bonds. The zero-order valence-electron chi connectivity index (χ0n) is 9.83. The number of halogens is 1. The van der Waals surface area contributed by atoms with Gasteiger partial charge in [0.25, 0.3) is 0 Å². The molecule has 3 rings (SSSR count). The van der Waals surface area contributed by atoms with Crippen LogP contribution in [0.15, 0.2) is 42.5 Å². The molecule has 2 aromatic carbocycles. The van der Waals surface area contributed by atoms with Crippen LogP contribution in [0.5, 0.6) is 0 Å². The first kappa shape index (κ1) is 11.2.